The number of hydrogen-bond donors (Lipinski definition) is 2. The van der Waals surface area contributed by atoms with E-state index in [0.717, 1.165) is 18.4 Å². The number of amides is 1. The van der Waals surface area contributed by atoms with Crippen LogP contribution >= 0.6 is 0 Å². The highest BCUT2D eigenvalue weighted by molar-refractivity contribution is 5.75. The van der Waals surface area contributed by atoms with Gasteiger partial charge in [0.25, 0.3) is 0 Å². The van der Waals surface area contributed by atoms with Crippen LogP contribution in [0.25, 0.3) is 0 Å². The molecule has 1 aromatic heterocycles. The molecule has 1 heterocycles. The number of nitrogens with zero attached hydrogens (tertiary/aromatic N) is 2. The molecule has 0 aliphatic heterocycles. The van der Waals surface area contributed by atoms with Gasteiger partial charge in [-0.1, -0.05) is 20.8 Å². The van der Waals surface area contributed by atoms with Crippen molar-refractivity contribution in [2.45, 2.75) is 53.5 Å². The van der Waals surface area contributed by atoms with Gasteiger partial charge in [0.2, 0.25) is 5.91 Å². The second kappa shape index (κ2) is 8.17. The van der Waals surface area contributed by atoms with E-state index in [2.05, 4.69) is 31.2 Å². The summed E-state index contributed by atoms with van der Waals surface area (Å²) in [5.74, 6) is 0.604. The predicted octanol–water partition coefficient (Wildman–Crippen LogP) is 2.10. The fourth-order valence-corrected chi connectivity index (χ4v) is 2.50. The fraction of sp³-hybridized carbons (Fsp3) is 0.750. The Labute approximate surface area is 128 Å². The van der Waals surface area contributed by atoms with Gasteiger partial charge in [-0.05, 0) is 43.2 Å². The first kappa shape index (κ1) is 17.7. The smallest absolute Gasteiger partial charge is 0.220 e. The third-order valence-corrected chi connectivity index (χ3v) is 3.89. The van der Waals surface area contributed by atoms with E-state index in [-0.39, 0.29) is 11.3 Å². The molecule has 1 aromatic rings. The molecule has 5 nitrogen and oxygen atoms in total. The van der Waals surface area contributed by atoms with Crippen LogP contribution in [0.1, 0.15) is 45.6 Å². The van der Waals surface area contributed by atoms with Gasteiger partial charge in [0.05, 0.1) is 12.7 Å². The molecule has 0 saturated carbocycles. The second-order valence-electron chi connectivity index (χ2n) is 6.81. The molecule has 1 atom stereocenters. The van der Waals surface area contributed by atoms with Crippen LogP contribution in [0.2, 0.25) is 0 Å². The highest BCUT2D eigenvalue weighted by Gasteiger charge is 2.24. The van der Waals surface area contributed by atoms with E-state index in [1.165, 1.54) is 0 Å². The maximum atomic E-state index is 11.9. The van der Waals surface area contributed by atoms with Crippen molar-refractivity contribution in [2.24, 2.45) is 17.1 Å². The second-order valence-corrected chi connectivity index (χ2v) is 6.81. The zero-order valence-corrected chi connectivity index (χ0v) is 13.9. The minimum absolute atomic E-state index is 0.116. The summed E-state index contributed by atoms with van der Waals surface area (Å²) in [4.78, 5) is 11.9. The molecule has 120 valence electrons. The lowest BCUT2D eigenvalue weighted by Crippen LogP contribution is -2.29. The van der Waals surface area contributed by atoms with Crippen LogP contribution in [-0.2, 0) is 11.3 Å². The largest absolute Gasteiger partial charge is 0.354 e. The van der Waals surface area contributed by atoms with Crippen molar-refractivity contribution in [1.82, 2.24) is 15.1 Å². The SMILES string of the molecule is Cc1cnn(CCNC(=O)CCC(CCN)C(C)(C)C)c1. The summed E-state index contributed by atoms with van der Waals surface area (Å²) in [5, 5.41) is 7.15. The summed E-state index contributed by atoms with van der Waals surface area (Å²) in [5.41, 5.74) is 7.00. The molecule has 0 saturated heterocycles. The third-order valence-electron chi connectivity index (χ3n) is 3.89. The predicted molar refractivity (Wildman–Crippen MR) is 85.8 cm³/mol. The number of nitrogens with two attached hydrogens (primary N) is 1. The van der Waals surface area contributed by atoms with Gasteiger partial charge in [-0.2, -0.15) is 5.10 Å². The minimum atomic E-state index is 0.116. The minimum Gasteiger partial charge on any atom is -0.354 e. The summed E-state index contributed by atoms with van der Waals surface area (Å²) in [7, 11) is 0. The molecule has 5 heteroatoms. The van der Waals surface area contributed by atoms with E-state index in [0.29, 0.717) is 32.0 Å². The van der Waals surface area contributed by atoms with Crippen molar-refractivity contribution < 1.29 is 4.79 Å². The van der Waals surface area contributed by atoms with Crippen molar-refractivity contribution in [3.05, 3.63) is 18.0 Å². The molecular formula is C16H30N4O. The normalized spacial score (nSPS) is 13.2. The van der Waals surface area contributed by atoms with Gasteiger partial charge in [-0.3, -0.25) is 9.48 Å². The number of nitrogens with one attached hydrogen (secondary N) is 1. The molecule has 21 heavy (non-hydrogen) atoms. The standard InChI is InChI=1S/C16H30N4O/c1-13-11-19-20(12-13)10-9-18-15(21)6-5-14(7-8-17)16(2,3)4/h11-12,14H,5-10,17H2,1-4H3,(H,18,21). The lowest BCUT2D eigenvalue weighted by Gasteiger charge is -2.30. The Kier molecular flexibility index (Phi) is 6.89. The monoisotopic (exact) mass is 294 g/mol. The van der Waals surface area contributed by atoms with Crippen molar-refractivity contribution >= 4 is 5.91 Å². The number of aryl methyl sites for hydroxylation is 1. The Morgan fingerprint density at radius 3 is 2.67 bits per heavy atom. The van der Waals surface area contributed by atoms with Crippen molar-refractivity contribution in [3.8, 4) is 0 Å². The molecule has 1 rings (SSSR count). The van der Waals surface area contributed by atoms with Crippen molar-refractivity contribution in [2.75, 3.05) is 13.1 Å². The summed E-state index contributed by atoms with van der Waals surface area (Å²) in [6.45, 7) is 10.7. The van der Waals surface area contributed by atoms with E-state index < -0.39 is 0 Å². The number of rotatable bonds is 8. The molecule has 0 bridgehead atoms. The van der Waals surface area contributed by atoms with Gasteiger partial charge in [0.1, 0.15) is 0 Å². The average Bonchev–Trinajstić information content (AvgIpc) is 2.79. The average molecular weight is 294 g/mol. The highest BCUT2D eigenvalue weighted by Crippen LogP contribution is 2.31. The summed E-state index contributed by atoms with van der Waals surface area (Å²) in [6.07, 6.45) is 6.24. The Bertz CT molecular complexity index is 434. The van der Waals surface area contributed by atoms with Gasteiger partial charge in [0.15, 0.2) is 0 Å². The Morgan fingerprint density at radius 2 is 2.14 bits per heavy atom. The van der Waals surface area contributed by atoms with Crippen LogP contribution in [0, 0.1) is 18.3 Å². The van der Waals surface area contributed by atoms with E-state index >= 15 is 0 Å². The third kappa shape index (κ3) is 6.76. The first-order chi connectivity index (χ1) is 9.82. The van der Waals surface area contributed by atoms with Crippen LogP contribution < -0.4 is 11.1 Å². The molecule has 0 aromatic carbocycles. The first-order valence-corrected chi connectivity index (χ1v) is 7.78. The van der Waals surface area contributed by atoms with Gasteiger partial charge >= 0.3 is 0 Å². The Balaban J connectivity index is 2.26. The van der Waals surface area contributed by atoms with E-state index in [1.807, 2.05) is 24.0 Å². The summed E-state index contributed by atoms with van der Waals surface area (Å²) >= 11 is 0. The van der Waals surface area contributed by atoms with Gasteiger partial charge in [-0.15, -0.1) is 0 Å². The molecule has 0 radical (unpaired) electrons. The van der Waals surface area contributed by atoms with E-state index in [9.17, 15) is 4.79 Å². The van der Waals surface area contributed by atoms with Crippen molar-refractivity contribution in [3.63, 3.8) is 0 Å². The molecule has 0 spiro atoms. The van der Waals surface area contributed by atoms with Gasteiger partial charge in [-0.25, -0.2) is 0 Å². The molecule has 0 aliphatic carbocycles. The van der Waals surface area contributed by atoms with Crippen molar-refractivity contribution in [1.29, 1.82) is 0 Å². The van der Waals surface area contributed by atoms with Crippen LogP contribution in [0.3, 0.4) is 0 Å². The molecular weight excluding hydrogens is 264 g/mol. The van der Waals surface area contributed by atoms with Crippen LogP contribution in [-0.4, -0.2) is 28.8 Å². The lowest BCUT2D eigenvalue weighted by atomic mass is 9.76. The zero-order chi connectivity index (χ0) is 15.9. The maximum Gasteiger partial charge on any atom is 0.220 e. The van der Waals surface area contributed by atoms with Crippen LogP contribution in [0.5, 0.6) is 0 Å². The lowest BCUT2D eigenvalue weighted by molar-refractivity contribution is -0.121. The fourth-order valence-electron chi connectivity index (χ4n) is 2.50. The molecule has 1 unspecified atom stereocenters. The summed E-state index contributed by atoms with van der Waals surface area (Å²) < 4.78 is 1.85. The number of carbonyl (C=O) groups is 1. The number of carbonyl (C=O) groups excluding carboxylic acids is 1. The Hall–Kier alpha value is -1.36. The first-order valence-electron chi connectivity index (χ1n) is 7.78. The van der Waals surface area contributed by atoms with E-state index in [4.69, 9.17) is 5.73 Å². The van der Waals surface area contributed by atoms with E-state index in [1.54, 1.807) is 0 Å². The Morgan fingerprint density at radius 1 is 1.43 bits per heavy atom. The number of aromatic nitrogens is 2. The summed E-state index contributed by atoms with van der Waals surface area (Å²) in [6, 6.07) is 0. The number of hydrogen-bond acceptors (Lipinski definition) is 3. The van der Waals surface area contributed by atoms with Gasteiger partial charge in [0, 0.05) is 19.2 Å². The quantitative estimate of drug-likeness (QED) is 0.771. The highest BCUT2D eigenvalue weighted by atomic mass is 16.1. The van der Waals surface area contributed by atoms with Crippen LogP contribution in [0.15, 0.2) is 12.4 Å². The maximum absolute atomic E-state index is 11.9. The molecule has 1 amide bonds. The zero-order valence-electron chi connectivity index (χ0n) is 13.9. The molecule has 3 N–H and O–H groups in total. The van der Waals surface area contributed by atoms with Gasteiger partial charge < -0.3 is 11.1 Å². The molecule has 0 fully saturated rings. The van der Waals surface area contributed by atoms with Crippen LogP contribution in [0.4, 0.5) is 0 Å². The topological polar surface area (TPSA) is 72.9 Å². The molecule has 0 aliphatic rings.